The summed E-state index contributed by atoms with van der Waals surface area (Å²) in [5, 5.41) is 2.10. The highest BCUT2D eigenvalue weighted by atomic mass is 32.2. The van der Waals surface area contributed by atoms with Gasteiger partial charge in [-0.1, -0.05) is 6.07 Å². The zero-order chi connectivity index (χ0) is 18.6. The van der Waals surface area contributed by atoms with E-state index in [2.05, 4.69) is 21.1 Å². The van der Waals surface area contributed by atoms with Crippen LogP contribution in [-0.4, -0.2) is 24.0 Å². The highest BCUT2D eigenvalue weighted by Crippen LogP contribution is 2.38. The first-order valence-electron chi connectivity index (χ1n) is 9.54. The van der Waals surface area contributed by atoms with Gasteiger partial charge in [-0.3, -0.25) is 0 Å². The summed E-state index contributed by atoms with van der Waals surface area (Å²) < 4.78 is 29.3. The average molecular weight is 386 g/mol. The molecule has 0 saturated heterocycles. The van der Waals surface area contributed by atoms with Gasteiger partial charge in [-0.25, -0.2) is 22.9 Å². The Kier molecular flexibility index (Phi) is 3.79. The van der Waals surface area contributed by atoms with E-state index in [1.165, 1.54) is 22.3 Å². The third kappa shape index (κ3) is 2.74. The Morgan fingerprint density at radius 2 is 1.78 bits per heavy atom. The molecule has 3 aliphatic rings. The van der Waals surface area contributed by atoms with Crippen molar-refractivity contribution in [1.29, 1.82) is 0 Å². The summed E-state index contributed by atoms with van der Waals surface area (Å²) in [6, 6.07) is 1.61. The maximum atomic E-state index is 12.7. The summed E-state index contributed by atoms with van der Waals surface area (Å²) >= 11 is 0. The van der Waals surface area contributed by atoms with Crippen molar-refractivity contribution in [3.05, 3.63) is 46.5 Å². The molecule has 1 atom stereocenters. The summed E-state index contributed by atoms with van der Waals surface area (Å²) in [5.74, 6) is 0.740. The van der Waals surface area contributed by atoms with Crippen LogP contribution in [0.15, 0.2) is 18.5 Å². The lowest BCUT2D eigenvalue weighted by atomic mass is 9.99. The van der Waals surface area contributed by atoms with Crippen LogP contribution in [0.4, 0.5) is 10.5 Å². The van der Waals surface area contributed by atoms with Crippen LogP contribution < -0.4 is 10.0 Å². The van der Waals surface area contributed by atoms with Crippen molar-refractivity contribution in [2.24, 2.45) is 0 Å². The fraction of sp³-hybridized carbons (Fsp3) is 0.474. The van der Waals surface area contributed by atoms with Gasteiger partial charge in [0.25, 0.3) is 10.0 Å². The molecule has 0 saturated carbocycles. The number of fused-ring (bicyclic) bond motifs is 3. The first-order chi connectivity index (χ1) is 13.0. The smallest absolute Gasteiger partial charge is 0.315 e. The van der Waals surface area contributed by atoms with Gasteiger partial charge in [0.1, 0.15) is 5.82 Å². The maximum absolute atomic E-state index is 12.7. The van der Waals surface area contributed by atoms with Crippen LogP contribution in [0, 0.1) is 0 Å². The molecule has 0 radical (unpaired) electrons. The van der Waals surface area contributed by atoms with Crippen LogP contribution in [0.1, 0.15) is 52.7 Å². The van der Waals surface area contributed by atoms with Crippen molar-refractivity contribution in [3.8, 4) is 0 Å². The third-order valence-electron chi connectivity index (χ3n) is 5.98. The number of sulfonamides is 1. The van der Waals surface area contributed by atoms with Gasteiger partial charge in [0, 0.05) is 24.5 Å². The molecule has 1 unspecified atom stereocenters. The Labute approximate surface area is 158 Å². The van der Waals surface area contributed by atoms with Crippen molar-refractivity contribution in [3.63, 3.8) is 0 Å². The fourth-order valence-electron chi connectivity index (χ4n) is 4.80. The Balaban J connectivity index is 1.39. The molecule has 8 heteroatoms. The number of imidazole rings is 1. The largest absolute Gasteiger partial charge is 0.332 e. The van der Waals surface area contributed by atoms with Crippen molar-refractivity contribution in [2.75, 3.05) is 5.32 Å². The van der Waals surface area contributed by atoms with Gasteiger partial charge in [0.05, 0.1) is 0 Å². The fourth-order valence-corrected chi connectivity index (χ4v) is 6.16. The molecule has 27 heavy (non-hydrogen) atoms. The SMILES string of the molecule is O=C(Nc1c2c(cc3c1CCC3)CCC2)NS(=O)(=O)C1CCc2nccn21. The zero-order valence-corrected chi connectivity index (χ0v) is 15.8. The number of aromatic nitrogens is 2. The molecule has 0 fully saturated rings. The lowest BCUT2D eigenvalue weighted by Crippen LogP contribution is -2.38. The predicted octanol–water partition coefficient (Wildman–Crippen LogP) is 2.46. The number of amides is 2. The Bertz CT molecular complexity index is 1010. The minimum atomic E-state index is -3.83. The minimum absolute atomic E-state index is 0.432. The maximum Gasteiger partial charge on any atom is 0.332 e. The normalized spacial score (nSPS) is 20.2. The van der Waals surface area contributed by atoms with Crippen LogP contribution in [0.25, 0.3) is 0 Å². The van der Waals surface area contributed by atoms with E-state index in [0.717, 1.165) is 50.0 Å². The number of aryl methyl sites for hydroxylation is 3. The van der Waals surface area contributed by atoms with Gasteiger partial charge in [0.2, 0.25) is 0 Å². The molecule has 1 aliphatic heterocycles. The second-order valence-electron chi connectivity index (χ2n) is 7.58. The molecular formula is C19H22N4O3S. The van der Waals surface area contributed by atoms with Gasteiger partial charge >= 0.3 is 6.03 Å². The number of carbonyl (C=O) groups excluding carboxylic acids is 1. The molecule has 5 rings (SSSR count). The van der Waals surface area contributed by atoms with Crippen LogP contribution >= 0.6 is 0 Å². The van der Waals surface area contributed by atoms with E-state index in [1.54, 1.807) is 17.0 Å². The summed E-state index contributed by atoms with van der Waals surface area (Å²) in [7, 11) is -3.83. The Morgan fingerprint density at radius 3 is 2.48 bits per heavy atom. The van der Waals surface area contributed by atoms with E-state index in [-0.39, 0.29) is 0 Å². The molecule has 0 spiro atoms. The summed E-state index contributed by atoms with van der Waals surface area (Å²) in [4.78, 5) is 16.8. The van der Waals surface area contributed by atoms with E-state index in [1.807, 2.05) is 0 Å². The van der Waals surface area contributed by atoms with Gasteiger partial charge < -0.3 is 9.88 Å². The molecule has 0 bridgehead atoms. The monoisotopic (exact) mass is 386 g/mol. The van der Waals surface area contributed by atoms with E-state index >= 15 is 0 Å². The number of nitrogens with zero attached hydrogens (tertiary/aromatic N) is 2. The van der Waals surface area contributed by atoms with Crippen molar-refractivity contribution >= 4 is 21.7 Å². The average Bonchev–Trinajstić information content (AvgIpc) is 3.37. The predicted molar refractivity (Wildman–Crippen MR) is 101 cm³/mol. The molecular weight excluding hydrogens is 364 g/mol. The summed E-state index contributed by atoms with van der Waals surface area (Å²) in [5.41, 5.74) is 5.81. The van der Waals surface area contributed by atoms with Gasteiger partial charge in [-0.2, -0.15) is 0 Å². The van der Waals surface area contributed by atoms with E-state index in [9.17, 15) is 13.2 Å². The third-order valence-corrected chi connectivity index (χ3v) is 7.63. The molecule has 2 amide bonds. The van der Waals surface area contributed by atoms with Crippen LogP contribution in [0.5, 0.6) is 0 Å². The number of hydrogen-bond acceptors (Lipinski definition) is 4. The van der Waals surface area contributed by atoms with Gasteiger partial charge in [-0.15, -0.1) is 0 Å². The lowest BCUT2D eigenvalue weighted by Gasteiger charge is -2.18. The van der Waals surface area contributed by atoms with Gasteiger partial charge in [0.15, 0.2) is 5.37 Å². The van der Waals surface area contributed by atoms with Crippen molar-refractivity contribution in [1.82, 2.24) is 14.3 Å². The van der Waals surface area contributed by atoms with E-state index in [4.69, 9.17) is 0 Å². The number of carbonyl (C=O) groups is 1. The highest BCUT2D eigenvalue weighted by molar-refractivity contribution is 7.90. The minimum Gasteiger partial charge on any atom is -0.315 e. The first kappa shape index (κ1) is 16.8. The molecule has 142 valence electrons. The number of benzene rings is 1. The second-order valence-corrected chi connectivity index (χ2v) is 9.42. The van der Waals surface area contributed by atoms with E-state index < -0.39 is 21.4 Å². The zero-order valence-electron chi connectivity index (χ0n) is 15.0. The molecule has 1 aromatic carbocycles. The first-order valence-corrected chi connectivity index (χ1v) is 11.1. The van der Waals surface area contributed by atoms with Crippen LogP contribution in [0.3, 0.4) is 0 Å². The second kappa shape index (κ2) is 6.09. The van der Waals surface area contributed by atoms with Crippen molar-refractivity contribution in [2.45, 2.75) is 56.7 Å². The van der Waals surface area contributed by atoms with Crippen LogP contribution in [-0.2, 0) is 42.1 Å². The molecule has 2 N–H and O–H groups in total. The van der Waals surface area contributed by atoms with Crippen LogP contribution in [0.2, 0.25) is 0 Å². The summed E-state index contributed by atoms with van der Waals surface area (Å²) in [6.45, 7) is 0. The lowest BCUT2D eigenvalue weighted by molar-refractivity contribution is 0.256. The van der Waals surface area contributed by atoms with E-state index in [0.29, 0.717) is 12.8 Å². The quantitative estimate of drug-likeness (QED) is 0.847. The molecule has 1 aromatic heterocycles. The van der Waals surface area contributed by atoms with Crippen molar-refractivity contribution < 1.29 is 13.2 Å². The number of rotatable bonds is 3. The summed E-state index contributed by atoms with van der Waals surface area (Å²) in [6.07, 6.45) is 10.4. The highest BCUT2D eigenvalue weighted by Gasteiger charge is 2.35. The standard InChI is InChI=1S/C19H22N4O3S/c24-19(22-27(25,26)17-8-7-16-20-9-10-23(16)17)21-18-14-5-1-3-12(14)11-13-4-2-6-15(13)18/h9-11,17H,1-8H2,(H2,21,22,24). The molecule has 2 aliphatic carbocycles. The molecule has 7 nitrogen and oxygen atoms in total. The molecule has 2 heterocycles. The number of hydrogen-bond donors (Lipinski definition) is 2. The Morgan fingerprint density at radius 1 is 1.07 bits per heavy atom. The molecule has 2 aromatic rings. The Hall–Kier alpha value is -2.35. The number of nitrogens with one attached hydrogen (secondary N) is 2. The number of urea groups is 1. The number of anilines is 1. The van der Waals surface area contributed by atoms with Gasteiger partial charge in [-0.05, 0) is 67.2 Å². The topological polar surface area (TPSA) is 93.1 Å².